The fraction of sp³-hybridized carbons (Fsp3) is 0.550. The molecule has 0 aliphatic heterocycles. The van der Waals surface area contributed by atoms with Crippen LogP contribution in [0.2, 0.25) is 0 Å². The molecule has 0 fully saturated rings. The fourth-order valence-electron chi connectivity index (χ4n) is 2.80. The third-order valence-electron chi connectivity index (χ3n) is 4.58. The summed E-state index contributed by atoms with van der Waals surface area (Å²) in [5.74, 6) is -0.901. The zero-order valence-corrected chi connectivity index (χ0v) is 15.1. The van der Waals surface area contributed by atoms with Crippen LogP contribution in [0.25, 0.3) is 6.08 Å². The van der Waals surface area contributed by atoms with Crippen LogP contribution in [0.1, 0.15) is 56.2 Å². The van der Waals surface area contributed by atoms with Gasteiger partial charge in [-0.15, -0.1) is 0 Å². The smallest absolute Gasteiger partial charge is 0.140 e. The number of carbonyl (C=O) groups is 1. The first-order valence-electron chi connectivity index (χ1n) is 8.58. The fourth-order valence-corrected chi connectivity index (χ4v) is 2.80. The van der Waals surface area contributed by atoms with Gasteiger partial charge in [-0.1, -0.05) is 56.7 Å². The van der Waals surface area contributed by atoms with Crippen molar-refractivity contribution in [2.24, 2.45) is 5.92 Å². The van der Waals surface area contributed by atoms with Crippen molar-refractivity contribution in [3.05, 3.63) is 41.0 Å². The van der Waals surface area contributed by atoms with Crippen molar-refractivity contribution in [1.82, 2.24) is 0 Å². The van der Waals surface area contributed by atoms with Crippen molar-refractivity contribution in [1.29, 1.82) is 0 Å². The molecule has 0 amide bonds. The lowest BCUT2D eigenvalue weighted by Crippen LogP contribution is -2.32. The minimum atomic E-state index is -0.828. The van der Waals surface area contributed by atoms with Crippen LogP contribution < -0.4 is 0 Å². The molecule has 0 saturated heterocycles. The predicted molar refractivity (Wildman–Crippen MR) is 96.8 cm³/mol. The maximum atomic E-state index is 12.2. The number of aryl methyl sites for hydroxylation is 1. The van der Waals surface area contributed by atoms with Crippen LogP contribution in [0, 0.1) is 12.8 Å². The highest BCUT2D eigenvalue weighted by atomic mass is 16.3. The van der Waals surface area contributed by atoms with E-state index in [9.17, 15) is 15.0 Å². The standard InChI is InChI=1S/C20H30O4/c1-5-17(22)12-19(23)15(4)20(24)14(3)18-9-8-13(2)11-16(18)7-6-10-21/h6-9,11,14-15,17,20-22,24H,5,10,12H2,1-4H3/b7-6+. The molecule has 0 aliphatic rings. The zero-order valence-electron chi connectivity index (χ0n) is 15.1. The van der Waals surface area contributed by atoms with Crippen LogP contribution in [0.4, 0.5) is 0 Å². The normalized spacial score (nSPS) is 16.8. The molecule has 4 nitrogen and oxygen atoms in total. The van der Waals surface area contributed by atoms with Gasteiger partial charge in [-0.2, -0.15) is 0 Å². The Bertz CT molecular complexity index is 565. The van der Waals surface area contributed by atoms with Gasteiger partial charge < -0.3 is 15.3 Å². The molecule has 24 heavy (non-hydrogen) atoms. The monoisotopic (exact) mass is 334 g/mol. The Morgan fingerprint density at radius 3 is 2.50 bits per heavy atom. The van der Waals surface area contributed by atoms with E-state index in [2.05, 4.69) is 0 Å². The van der Waals surface area contributed by atoms with Gasteiger partial charge in [-0.3, -0.25) is 4.79 Å². The highest BCUT2D eigenvalue weighted by Crippen LogP contribution is 2.29. The highest BCUT2D eigenvalue weighted by Gasteiger charge is 2.29. The van der Waals surface area contributed by atoms with Gasteiger partial charge >= 0.3 is 0 Å². The quantitative estimate of drug-likeness (QED) is 0.649. The number of Topliss-reactive ketones (excluding diaryl/α,β-unsaturated/α-hetero) is 1. The number of carbonyl (C=O) groups excluding carboxylic acids is 1. The van der Waals surface area contributed by atoms with Gasteiger partial charge in [0.1, 0.15) is 5.78 Å². The Labute approximate surface area is 144 Å². The summed E-state index contributed by atoms with van der Waals surface area (Å²) in [5.41, 5.74) is 2.96. The third-order valence-corrected chi connectivity index (χ3v) is 4.58. The van der Waals surface area contributed by atoms with Crippen molar-refractivity contribution in [2.75, 3.05) is 6.61 Å². The molecule has 0 spiro atoms. The lowest BCUT2D eigenvalue weighted by atomic mass is 9.82. The highest BCUT2D eigenvalue weighted by molar-refractivity contribution is 5.81. The topological polar surface area (TPSA) is 77.8 Å². The molecule has 4 atom stereocenters. The number of hydrogen-bond acceptors (Lipinski definition) is 4. The molecule has 4 heteroatoms. The van der Waals surface area contributed by atoms with Gasteiger partial charge in [-0.25, -0.2) is 0 Å². The average Bonchev–Trinajstić information content (AvgIpc) is 2.57. The van der Waals surface area contributed by atoms with E-state index in [1.165, 1.54) is 0 Å². The van der Waals surface area contributed by atoms with Crippen molar-refractivity contribution in [3.8, 4) is 0 Å². The number of aliphatic hydroxyl groups is 3. The Balaban J connectivity index is 2.97. The summed E-state index contributed by atoms with van der Waals surface area (Å²) in [5, 5.41) is 29.3. The first kappa shape index (κ1) is 20.6. The number of ketones is 1. The predicted octanol–water partition coefficient (Wildman–Crippen LogP) is 2.83. The molecule has 0 saturated carbocycles. The minimum Gasteiger partial charge on any atom is -0.393 e. The molecule has 0 radical (unpaired) electrons. The van der Waals surface area contributed by atoms with Gasteiger partial charge in [0.15, 0.2) is 0 Å². The lowest BCUT2D eigenvalue weighted by molar-refractivity contribution is -0.128. The van der Waals surface area contributed by atoms with Gasteiger partial charge in [0.05, 0.1) is 18.8 Å². The molecule has 0 bridgehead atoms. The van der Waals surface area contributed by atoms with E-state index in [0.717, 1.165) is 16.7 Å². The Morgan fingerprint density at radius 2 is 1.92 bits per heavy atom. The van der Waals surface area contributed by atoms with Crippen molar-refractivity contribution >= 4 is 11.9 Å². The zero-order chi connectivity index (χ0) is 18.3. The first-order valence-corrected chi connectivity index (χ1v) is 8.58. The summed E-state index contributed by atoms with van der Waals surface area (Å²) in [4.78, 5) is 12.2. The van der Waals surface area contributed by atoms with E-state index in [0.29, 0.717) is 6.42 Å². The Hall–Kier alpha value is -1.49. The summed E-state index contributed by atoms with van der Waals surface area (Å²) in [6.45, 7) is 7.37. The number of hydrogen-bond donors (Lipinski definition) is 3. The summed E-state index contributed by atoms with van der Waals surface area (Å²) < 4.78 is 0. The summed E-state index contributed by atoms with van der Waals surface area (Å²) in [6.07, 6.45) is 2.61. The van der Waals surface area contributed by atoms with Gasteiger partial charge in [-0.05, 0) is 24.5 Å². The van der Waals surface area contributed by atoms with Crippen molar-refractivity contribution in [3.63, 3.8) is 0 Å². The van der Waals surface area contributed by atoms with E-state index in [-0.39, 0.29) is 24.7 Å². The van der Waals surface area contributed by atoms with Gasteiger partial charge in [0, 0.05) is 18.3 Å². The SMILES string of the molecule is CCC(O)CC(=O)C(C)C(O)C(C)c1ccc(C)cc1/C=C/CO. The molecule has 1 aromatic carbocycles. The van der Waals surface area contributed by atoms with E-state index >= 15 is 0 Å². The van der Waals surface area contributed by atoms with Crippen LogP contribution in [0.3, 0.4) is 0 Å². The second-order valence-electron chi connectivity index (χ2n) is 6.52. The van der Waals surface area contributed by atoms with Crippen LogP contribution in [-0.2, 0) is 4.79 Å². The van der Waals surface area contributed by atoms with E-state index in [1.54, 1.807) is 13.0 Å². The summed E-state index contributed by atoms with van der Waals surface area (Å²) in [6, 6.07) is 5.93. The lowest BCUT2D eigenvalue weighted by Gasteiger charge is -2.26. The van der Waals surface area contributed by atoms with E-state index in [4.69, 9.17) is 5.11 Å². The summed E-state index contributed by atoms with van der Waals surface area (Å²) in [7, 11) is 0. The molecular formula is C20H30O4. The largest absolute Gasteiger partial charge is 0.393 e. The molecule has 0 aromatic heterocycles. The third kappa shape index (κ3) is 5.55. The van der Waals surface area contributed by atoms with E-state index in [1.807, 2.05) is 45.0 Å². The van der Waals surface area contributed by atoms with Gasteiger partial charge in [0.25, 0.3) is 0 Å². The number of aliphatic hydroxyl groups excluding tert-OH is 3. The van der Waals surface area contributed by atoms with E-state index < -0.39 is 18.1 Å². The first-order chi connectivity index (χ1) is 11.3. The molecule has 0 heterocycles. The Kier molecular flexibility index (Phi) is 8.32. The van der Waals surface area contributed by atoms with Crippen LogP contribution in [0.15, 0.2) is 24.3 Å². The molecule has 1 aromatic rings. The van der Waals surface area contributed by atoms with Crippen LogP contribution >= 0.6 is 0 Å². The minimum absolute atomic E-state index is 0.0475. The maximum Gasteiger partial charge on any atom is 0.140 e. The number of rotatable bonds is 9. The second-order valence-corrected chi connectivity index (χ2v) is 6.52. The molecule has 0 aliphatic carbocycles. The Morgan fingerprint density at radius 1 is 1.25 bits per heavy atom. The van der Waals surface area contributed by atoms with Crippen LogP contribution in [-0.4, -0.2) is 39.9 Å². The van der Waals surface area contributed by atoms with Gasteiger partial charge in [0.2, 0.25) is 0 Å². The molecule has 4 unspecified atom stereocenters. The molecular weight excluding hydrogens is 304 g/mol. The average molecular weight is 334 g/mol. The summed E-state index contributed by atoms with van der Waals surface area (Å²) >= 11 is 0. The molecule has 3 N–H and O–H groups in total. The second kappa shape index (κ2) is 9.72. The van der Waals surface area contributed by atoms with Crippen LogP contribution in [0.5, 0.6) is 0 Å². The van der Waals surface area contributed by atoms with Crippen molar-refractivity contribution in [2.45, 2.75) is 58.7 Å². The maximum absolute atomic E-state index is 12.2. The molecule has 1 rings (SSSR count). The number of benzene rings is 1. The molecule has 134 valence electrons. The van der Waals surface area contributed by atoms with Crippen molar-refractivity contribution < 1.29 is 20.1 Å².